The Kier molecular flexibility index (Phi) is 5.88. The third-order valence-electron chi connectivity index (χ3n) is 1.81. The third-order valence-corrected chi connectivity index (χ3v) is 2.60. The third kappa shape index (κ3) is 4.00. The first-order valence-electron chi connectivity index (χ1n) is 4.08. The zero-order valence-electron chi connectivity index (χ0n) is 9.28. The van der Waals surface area contributed by atoms with E-state index in [1.165, 1.54) is 12.3 Å². The fourth-order valence-electron chi connectivity index (χ4n) is 0.998. The largest absolute Gasteiger partial charge is 1.00 e. The molecule has 0 saturated heterocycles. The molecular weight excluding hydrogens is 243 g/mol. The Morgan fingerprint density at radius 2 is 2.06 bits per heavy atom. The van der Waals surface area contributed by atoms with Crippen LogP contribution in [0.4, 0.5) is 5.69 Å². The van der Waals surface area contributed by atoms with Gasteiger partial charge in [0.15, 0.2) is 5.44 Å². The second-order valence-electron chi connectivity index (χ2n) is 3.18. The fraction of sp³-hybridized carbons (Fsp3) is 0.375. The van der Waals surface area contributed by atoms with Crippen molar-refractivity contribution < 1.29 is 47.6 Å². The summed E-state index contributed by atoms with van der Waals surface area (Å²) in [5, 5.41) is 9.18. The molecule has 1 unspecified atom stereocenters. The summed E-state index contributed by atoms with van der Waals surface area (Å²) in [6.45, 7) is 0. The van der Waals surface area contributed by atoms with Crippen LogP contribution in [0, 0.1) is 0 Å². The number of pyridine rings is 1. The second kappa shape index (κ2) is 5.95. The first kappa shape index (κ1) is 15.8. The first-order chi connectivity index (χ1) is 6.82. The number of aliphatic hydroxyl groups excluding tert-OH is 1. The van der Waals surface area contributed by atoms with Gasteiger partial charge >= 0.3 is 29.6 Å². The molecule has 8 heteroatoms. The summed E-state index contributed by atoms with van der Waals surface area (Å²) in [5.41, 5.74) is -1.63. The minimum absolute atomic E-state index is 0. The van der Waals surface area contributed by atoms with Gasteiger partial charge in [0.1, 0.15) is 10.1 Å². The quantitative estimate of drug-likeness (QED) is 0.448. The average molecular weight is 254 g/mol. The molecule has 16 heavy (non-hydrogen) atoms. The van der Waals surface area contributed by atoms with Gasteiger partial charge < -0.3 is 14.6 Å². The molecule has 0 radical (unpaired) electrons. The van der Waals surface area contributed by atoms with Crippen LogP contribution >= 0.6 is 0 Å². The molecule has 0 spiro atoms. The van der Waals surface area contributed by atoms with E-state index in [4.69, 9.17) is 0 Å². The summed E-state index contributed by atoms with van der Waals surface area (Å²) in [4.78, 5) is 5.34. The van der Waals surface area contributed by atoms with Crippen molar-refractivity contribution in [2.45, 2.75) is 5.44 Å². The number of hydrogen-bond acceptors (Lipinski definition) is 6. The van der Waals surface area contributed by atoms with Crippen molar-refractivity contribution in [3.63, 3.8) is 0 Å². The summed E-state index contributed by atoms with van der Waals surface area (Å²) in [7, 11) is -1.28. The van der Waals surface area contributed by atoms with Crippen LogP contribution in [0.3, 0.4) is 0 Å². The maximum atomic E-state index is 10.6. The Balaban J connectivity index is 0.00000225. The summed E-state index contributed by atoms with van der Waals surface area (Å²) in [6, 6.07) is 2.98. The number of anilines is 1. The van der Waals surface area contributed by atoms with Gasteiger partial charge in [0.05, 0.1) is 5.69 Å². The molecule has 1 rings (SSSR count). The summed E-state index contributed by atoms with van der Waals surface area (Å²) in [6.07, 6.45) is 1.33. The van der Waals surface area contributed by atoms with Gasteiger partial charge in [-0.2, -0.15) is 0 Å². The molecule has 0 aromatic carbocycles. The van der Waals surface area contributed by atoms with E-state index in [9.17, 15) is 18.1 Å². The van der Waals surface area contributed by atoms with E-state index in [0.29, 0.717) is 5.69 Å². The van der Waals surface area contributed by atoms with Crippen molar-refractivity contribution in [3.8, 4) is 0 Å². The number of hydrogen-bond donors (Lipinski definition) is 1. The van der Waals surface area contributed by atoms with Crippen LogP contribution in [-0.4, -0.2) is 37.2 Å². The zero-order chi connectivity index (χ0) is 11.6. The maximum absolute atomic E-state index is 10.6. The SMILES string of the molecule is CN(C)c1ccnc(C(O)S(=O)(=O)[O-])c1.[Na+]. The zero-order valence-corrected chi connectivity index (χ0v) is 12.1. The van der Waals surface area contributed by atoms with Crippen LogP contribution in [-0.2, 0) is 10.1 Å². The predicted molar refractivity (Wildman–Crippen MR) is 53.2 cm³/mol. The van der Waals surface area contributed by atoms with Crippen molar-refractivity contribution in [3.05, 3.63) is 24.0 Å². The van der Waals surface area contributed by atoms with Crippen molar-refractivity contribution in [1.82, 2.24) is 4.98 Å². The molecule has 0 aliphatic carbocycles. The molecule has 0 saturated carbocycles. The predicted octanol–water partition coefficient (Wildman–Crippen LogP) is -3.31. The molecule has 1 aromatic rings. The van der Waals surface area contributed by atoms with Crippen LogP contribution in [0.5, 0.6) is 0 Å². The van der Waals surface area contributed by atoms with Gasteiger partial charge in [0, 0.05) is 26.0 Å². The van der Waals surface area contributed by atoms with Gasteiger partial charge in [0.25, 0.3) is 0 Å². The molecule has 84 valence electrons. The maximum Gasteiger partial charge on any atom is 1.00 e. The standard InChI is InChI=1S/C8H12N2O4S.Na/c1-10(2)6-3-4-9-7(5-6)8(11)15(12,13)14;/h3-5,8,11H,1-2H3,(H,12,13,14);/q;+1/p-1. The Bertz CT molecular complexity index is 449. The molecule has 0 fully saturated rings. The molecule has 1 aromatic heterocycles. The van der Waals surface area contributed by atoms with E-state index < -0.39 is 15.6 Å². The van der Waals surface area contributed by atoms with E-state index in [-0.39, 0.29) is 35.3 Å². The number of aromatic nitrogens is 1. The van der Waals surface area contributed by atoms with Crippen LogP contribution in [0.2, 0.25) is 0 Å². The molecule has 1 atom stereocenters. The number of aliphatic hydroxyl groups is 1. The van der Waals surface area contributed by atoms with E-state index in [1.807, 2.05) is 0 Å². The molecule has 0 amide bonds. The van der Waals surface area contributed by atoms with Crippen molar-refractivity contribution in [2.24, 2.45) is 0 Å². The summed E-state index contributed by atoms with van der Waals surface area (Å²) < 4.78 is 31.7. The fourth-order valence-corrected chi connectivity index (χ4v) is 1.42. The van der Waals surface area contributed by atoms with Gasteiger partial charge in [-0.05, 0) is 12.1 Å². The molecule has 1 N–H and O–H groups in total. The molecular formula is C8H11N2NaO4S. The molecule has 6 nitrogen and oxygen atoms in total. The van der Waals surface area contributed by atoms with Crippen LogP contribution in [0.25, 0.3) is 0 Å². The molecule has 1 heterocycles. The summed E-state index contributed by atoms with van der Waals surface area (Å²) in [5.74, 6) is 0. The molecule has 0 aliphatic rings. The Morgan fingerprint density at radius 1 is 1.50 bits per heavy atom. The van der Waals surface area contributed by atoms with Crippen molar-refractivity contribution in [1.29, 1.82) is 0 Å². The molecule has 0 aliphatic heterocycles. The normalized spacial score (nSPS) is 12.8. The summed E-state index contributed by atoms with van der Waals surface area (Å²) >= 11 is 0. The van der Waals surface area contributed by atoms with Crippen molar-refractivity contribution in [2.75, 3.05) is 19.0 Å². The van der Waals surface area contributed by atoms with Gasteiger partial charge in [0.2, 0.25) is 0 Å². The van der Waals surface area contributed by atoms with Gasteiger partial charge in [-0.15, -0.1) is 0 Å². The number of rotatable bonds is 3. The van der Waals surface area contributed by atoms with Crippen LogP contribution in [0.15, 0.2) is 18.3 Å². The minimum Gasteiger partial charge on any atom is -0.746 e. The van der Waals surface area contributed by atoms with Gasteiger partial charge in [-0.3, -0.25) is 4.98 Å². The Morgan fingerprint density at radius 3 is 2.50 bits per heavy atom. The minimum atomic E-state index is -4.77. The van der Waals surface area contributed by atoms with Gasteiger partial charge in [-0.25, -0.2) is 8.42 Å². The van der Waals surface area contributed by atoms with Crippen molar-refractivity contribution >= 4 is 15.8 Å². The average Bonchev–Trinajstić information content (AvgIpc) is 2.15. The van der Waals surface area contributed by atoms with E-state index >= 15 is 0 Å². The van der Waals surface area contributed by atoms with Gasteiger partial charge in [-0.1, -0.05) is 0 Å². The Labute approximate surface area is 116 Å². The monoisotopic (exact) mass is 254 g/mol. The van der Waals surface area contributed by atoms with E-state index in [2.05, 4.69) is 4.98 Å². The van der Waals surface area contributed by atoms with Crippen LogP contribution in [0.1, 0.15) is 11.1 Å². The number of nitrogens with zero attached hydrogens (tertiary/aromatic N) is 2. The van der Waals surface area contributed by atoms with Crippen LogP contribution < -0.4 is 34.5 Å². The first-order valence-corrected chi connectivity index (χ1v) is 5.55. The van der Waals surface area contributed by atoms with E-state index in [1.54, 1.807) is 25.1 Å². The Hall–Kier alpha value is -0.180. The topological polar surface area (TPSA) is 93.6 Å². The molecule has 0 bridgehead atoms. The van der Waals surface area contributed by atoms with E-state index in [0.717, 1.165) is 0 Å². The second-order valence-corrected chi connectivity index (χ2v) is 4.61. The smallest absolute Gasteiger partial charge is 0.746 e.